The van der Waals surface area contributed by atoms with Gasteiger partial charge in [0.05, 0.1) is 0 Å². The molecule has 124 valence electrons. The predicted octanol–water partition coefficient (Wildman–Crippen LogP) is 1.09. The number of amides is 1. The highest BCUT2D eigenvalue weighted by atomic mass is 16.2. The van der Waals surface area contributed by atoms with E-state index in [1.54, 1.807) is 18.6 Å². The third kappa shape index (κ3) is 3.29. The Labute approximate surface area is 140 Å². The molecule has 1 N–H and O–H groups in total. The SMILES string of the molecule is O=C(NC1CC1)c1cc(N2CCN(c3ncccn3)CC2)ccn1. The van der Waals surface area contributed by atoms with Gasteiger partial charge in [-0.1, -0.05) is 0 Å². The molecule has 2 aromatic heterocycles. The van der Waals surface area contributed by atoms with Gasteiger partial charge in [0.25, 0.3) is 5.91 Å². The summed E-state index contributed by atoms with van der Waals surface area (Å²) in [6.45, 7) is 3.45. The first-order valence-corrected chi connectivity index (χ1v) is 8.33. The largest absolute Gasteiger partial charge is 0.368 e. The number of anilines is 2. The van der Waals surface area contributed by atoms with Crippen molar-refractivity contribution in [2.45, 2.75) is 18.9 Å². The number of aromatic nitrogens is 3. The summed E-state index contributed by atoms with van der Waals surface area (Å²) >= 11 is 0. The maximum absolute atomic E-state index is 12.2. The van der Waals surface area contributed by atoms with Crippen molar-refractivity contribution in [2.75, 3.05) is 36.0 Å². The van der Waals surface area contributed by atoms with Crippen LogP contribution in [0.3, 0.4) is 0 Å². The van der Waals surface area contributed by atoms with Crippen LogP contribution in [-0.2, 0) is 0 Å². The van der Waals surface area contributed by atoms with E-state index < -0.39 is 0 Å². The summed E-state index contributed by atoms with van der Waals surface area (Å²) in [6.07, 6.45) is 7.40. The van der Waals surface area contributed by atoms with Gasteiger partial charge in [0, 0.05) is 56.5 Å². The molecule has 0 aromatic carbocycles. The quantitative estimate of drug-likeness (QED) is 0.907. The molecule has 0 radical (unpaired) electrons. The van der Waals surface area contributed by atoms with Crippen LogP contribution >= 0.6 is 0 Å². The Balaban J connectivity index is 1.41. The minimum atomic E-state index is -0.0735. The average molecular weight is 324 g/mol. The second-order valence-corrected chi connectivity index (χ2v) is 6.17. The van der Waals surface area contributed by atoms with Crippen LogP contribution in [0.2, 0.25) is 0 Å². The Kier molecular flexibility index (Phi) is 3.98. The molecule has 7 nitrogen and oxygen atoms in total. The molecule has 1 saturated carbocycles. The van der Waals surface area contributed by atoms with Gasteiger partial charge in [0.1, 0.15) is 5.69 Å². The minimum absolute atomic E-state index is 0.0735. The van der Waals surface area contributed by atoms with Crippen molar-refractivity contribution in [1.29, 1.82) is 0 Å². The van der Waals surface area contributed by atoms with Gasteiger partial charge in [-0.25, -0.2) is 9.97 Å². The van der Waals surface area contributed by atoms with E-state index in [0.29, 0.717) is 11.7 Å². The lowest BCUT2D eigenvalue weighted by atomic mass is 10.2. The molecule has 0 bridgehead atoms. The number of hydrogen-bond donors (Lipinski definition) is 1. The second-order valence-electron chi connectivity index (χ2n) is 6.17. The van der Waals surface area contributed by atoms with Crippen LogP contribution in [0.15, 0.2) is 36.8 Å². The van der Waals surface area contributed by atoms with Crippen molar-refractivity contribution >= 4 is 17.5 Å². The van der Waals surface area contributed by atoms with Crippen LogP contribution in [0.25, 0.3) is 0 Å². The number of carbonyl (C=O) groups excluding carboxylic acids is 1. The number of carbonyl (C=O) groups is 1. The number of nitrogens with one attached hydrogen (secondary N) is 1. The number of rotatable bonds is 4. The van der Waals surface area contributed by atoms with E-state index in [-0.39, 0.29) is 5.91 Å². The van der Waals surface area contributed by atoms with E-state index in [2.05, 4.69) is 30.1 Å². The van der Waals surface area contributed by atoms with E-state index in [1.807, 2.05) is 18.2 Å². The third-order valence-electron chi connectivity index (χ3n) is 4.37. The van der Waals surface area contributed by atoms with Gasteiger partial charge in [0.2, 0.25) is 5.95 Å². The maximum atomic E-state index is 12.2. The lowest BCUT2D eigenvalue weighted by Gasteiger charge is -2.36. The van der Waals surface area contributed by atoms with E-state index in [0.717, 1.165) is 50.7 Å². The van der Waals surface area contributed by atoms with Gasteiger partial charge in [-0.05, 0) is 31.0 Å². The molecule has 3 heterocycles. The molecule has 1 aliphatic heterocycles. The summed E-state index contributed by atoms with van der Waals surface area (Å²) in [4.78, 5) is 29.4. The molecule has 0 unspecified atom stereocenters. The van der Waals surface area contributed by atoms with Gasteiger partial charge < -0.3 is 15.1 Å². The second kappa shape index (κ2) is 6.43. The molecule has 1 amide bonds. The normalized spacial score (nSPS) is 17.7. The minimum Gasteiger partial charge on any atom is -0.368 e. The zero-order chi connectivity index (χ0) is 16.4. The number of nitrogens with zero attached hydrogens (tertiary/aromatic N) is 5. The molecule has 4 rings (SSSR count). The molecular weight excluding hydrogens is 304 g/mol. The number of pyridine rings is 1. The van der Waals surface area contributed by atoms with Crippen LogP contribution in [0.1, 0.15) is 23.3 Å². The zero-order valence-corrected chi connectivity index (χ0v) is 13.4. The van der Waals surface area contributed by atoms with Crippen LogP contribution in [0, 0.1) is 0 Å². The maximum Gasteiger partial charge on any atom is 0.270 e. The van der Waals surface area contributed by atoms with Gasteiger partial charge in [-0.2, -0.15) is 0 Å². The Morgan fingerprint density at radius 2 is 1.71 bits per heavy atom. The summed E-state index contributed by atoms with van der Waals surface area (Å²) in [7, 11) is 0. The number of hydrogen-bond acceptors (Lipinski definition) is 6. The van der Waals surface area contributed by atoms with Crippen molar-refractivity contribution in [3.63, 3.8) is 0 Å². The first-order valence-electron chi connectivity index (χ1n) is 8.33. The van der Waals surface area contributed by atoms with E-state index in [4.69, 9.17) is 0 Å². The Hall–Kier alpha value is -2.70. The third-order valence-corrected chi connectivity index (χ3v) is 4.37. The van der Waals surface area contributed by atoms with E-state index >= 15 is 0 Å². The van der Waals surface area contributed by atoms with E-state index in [9.17, 15) is 4.79 Å². The first-order chi connectivity index (χ1) is 11.8. The highest BCUT2D eigenvalue weighted by Gasteiger charge is 2.25. The van der Waals surface area contributed by atoms with Crippen LogP contribution in [-0.4, -0.2) is 53.1 Å². The molecule has 7 heteroatoms. The predicted molar refractivity (Wildman–Crippen MR) is 91.2 cm³/mol. The summed E-state index contributed by atoms with van der Waals surface area (Å²) in [5.74, 6) is 0.701. The summed E-state index contributed by atoms with van der Waals surface area (Å²) in [6, 6.07) is 6.01. The smallest absolute Gasteiger partial charge is 0.270 e. The van der Waals surface area contributed by atoms with Crippen molar-refractivity contribution in [3.05, 3.63) is 42.5 Å². The van der Waals surface area contributed by atoms with Gasteiger partial charge >= 0.3 is 0 Å². The summed E-state index contributed by atoms with van der Waals surface area (Å²) in [5, 5.41) is 2.98. The van der Waals surface area contributed by atoms with Gasteiger partial charge in [0.15, 0.2) is 0 Å². The van der Waals surface area contributed by atoms with Crippen molar-refractivity contribution < 1.29 is 4.79 Å². The van der Waals surface area contributed by atoms with Crippen LogP contribution in [0.4, 0.5) is 11.6 Å². The molecule has 1 aliphatic carbocycles. The van der Waals surface area contributed by atoms with Crippen molar-refractivity contribution in [3.8, 4) is 0 Å². The Morgan fingerprint density at radius 3 is 2.42 bits per heavy atom. The topological polar surface area (TPSA) is 74.2 Å². The van der Waals surface area contributed by atoms with E-state index in [1.165, 1.54) is 0 Å². The summed E-state index contributed by atoms with van der Waals surface area (Å²) < 4.78 is 0. The lowest BCUT2D eigenvalue weighted by molar-refractivity contribution is 0.0946. The van der Waals surface area contributed by atoms with Crippen LogP contribution in [0.5, 0.6) is 0 Å². The first kappa shape index (κ1) is 14.9. The van der Waals surface area contributed by atoms with Crippen LogP contribution < -0.4 is 15.1 Å². The van der Waals surface area contributed by atoms with Crippen molar-refractivity contribution in [2.24, 2.45) is 0 Å². The molecule has 2 aromatic rings. The molecule has 2 aliphatic rings. The Morgan fingerprint density at radius 1 is 1.00 bits per heavy atom. The molecular formula is C17H20N6O. The highest BCUT2D eigenvalue weighted by molar-refractivity contribution is 5.93. The Bertz CT molecular complexity index is 710. The molecule has 0 spiro atoms. The van der Waals surface area contributed by atoms with Gasteiger partial charge in [-0.3, -0.25) is 9.78 Å². The van der Waals surface area contributed by atoms with Crippen molar-refractivity contribution in [1.82, 2.24) is 20.3 Å². The fourth-order valence-corrected chi connectivity index (χ4v) is 2.85. The lowest BCUT2D eigenvalue weighted by Crippen LogP contribution is -2.47. The standard InChI is InChI=1S/C17H20N6O/c24-16(21-13-2-3-13)15-12-14(4-7-18-15)22-8-10-23(11-9-22)17-19-5-1-6-20-17/h1,4-7,12-13H,2-3,8-11H2,(H,21,24). The number of piperazine rings is 1. The van der Waals surface area contributed by atoms with Gasteiger partial charge in [-0.15, -0.1) is 0 Å². The molecule has 0 atom stereocenters. The fraction of sp³-hybridized carbons (Fsp3) is 0.412. The monoisotopic (exact) mass is 324 g/mol. The molecule has 2 fully saturated rings. The fourth-order valence-electron chi connectivity index (χ4n) is 2.85. The molecule has 1 saturated heterocycles. The molecule has 24 heavy (non-hydrogen) atoms. The highest BCUT2D eigenvalue weighted by Crippen LogP contribution is 2.21. The zero-order valence-electron chi connectivity index (χ0n) is 13.4. The summed E-state index contributed by atoms with van der Waals surface area (Å²) in [5.41, 5.74) is 1.53. The average Bonchev–Trinajstić information content (AvgIpc) is 3.47.